The van der Waals surface area contributed by atoms with Gasteiger partial charge in [-0.15, -0.1) is 0 Å². The predicted octanol–water partition coefficient (Wildman–Crippen LogP) is 2.52. The number of hydrogen-bond acceptors (Lipinski definition) is 4. The van der Waals surface area contributed by atoms with Crippen molar-refractivity contribution in [2.45, 2.75) is 0 Å². The fraction of sp³-hybridized carbons (Fsp3) is 0.0625. The van der Waals surface area contributed by atoms with Gasteiger partial charge < -0.3 is 15.8 Å². The first-order chi connectivity index (χ1) is 11.5. The molecule has 24 heavy (non-hydrogen) atoms. The van der Waals surface area contributed by atoms with Crippen LogP contribution in [0.4, 0.5) is 5.69 Å². The van der Waals surface area contributed by atoms with Crippen LogP contribution in [-0.2, 0) is 4.79 Å². The summed E-state index contributed by atoms with van der Waals surface area (Å²) in [6, 6.07) is 13.9. The van der Waals surface area contributed by atoms with Crippen LogP contribution in [0.25, 0.3) is 0 Å². The molecule has 0 aliphatic heterocycles. The van der Waals surface area contributed by atoms with E-state index in [0.29, 0.717) is 16.5 Å². The van der Waals surface area contributed by atoms with Crippen molar-refractivity contribution >= 4 is 46.7 Å². The molecule has 0 aliphatic carbocycles. The molecule has 2 aromatic rings. The summed E-state index contributed by atoms with van der Waals surface area (Å²) in [5, 5.41) is 7.26. The van der Waals surface area contributed by atoms with Gasteiger partial charge in [0.1, 0.15) is 5.75 Å². The summed E-state index contributed by atoms with van der Waals surface area (Å²) in [5.41, 5.74) is 9.20. The zero-order valence-corrected chi connectivity index (χ0v) is 14.1. The Labute approximate surface area is 149 Å². The van der Waals surface area contributed by atoms with Crippen molar-refractivity contribution in [1.29, 1.82) is 0 Å². The van der Waals surface area contributed by atoms with Crippen LogP contribution in [0, 0.1) is 0 Å². The molecule has 4 N–H and O–H groups in total. The van der Waals surface area contributed by atoms with E-state index in [4.69, 9.17) is 22.1 Å². The topological polar surface area (TPSA) is 88.7 Å². The molecular weight excluding hydrogens is 348 g/mol. The molecule has 0 aromatic heterocycles. The molecule has 0 atom stereocenters. The van der Waals surface area contributed by atoms with Gasteiger partial charge in [0.05, 0.1) is 6.21 Å². The van der Waals surface area contributed by atoms with E-state index in [9.17, 15) is 4.79 Å². The van der Waals surface area contributed by atoms with E-state index in [1.165, 1.54) is 0 Å². The second-order valence-corrected chi connectivity index (χ2v) is 5.52. The Morgan fingerprint density at radius 1 is 1.21 bits per heavy atom. The average molecular weight is 363 g/mol. The lowest BCUT2D eigenvalue weighted by atomic mass is 10.2. The van der Waals surface area contributed by atoms with E-state index in [-0.39, 0.29) is 17.6 Å². The standard InChI is InChI=1S/C16H15ClN4O2S/c17-12-3-5-13(6-4-12)20-15(22)10-23-14-7-1-11(2-8-14)9-19-21-16(18)24/h1-9H,10H2,(H,20,22)(H3,18,21,24)/b19-9-. The van der Waals surface area contributed by atoms with Gasteiger partial charge in [-0.3, -0.25) is 10.2 Å². The van der Waals surface area contributed by atoms with Crippen molar-refractivity contribution in [3.8, 4) is 5.75 Å². The van der Waals surface area contributed by atoms with E-state index in [2.05, 4.69) is 28.1 Å². The Balaban J connectivity index is 1.81. The Bertz CT molecular complexity index is 733. The number of hydrazone groups is 1. The van der Waals surface area contributed by atoms with Crippen LogP contribution >= 0.6 is 23.8 Å². The smallest absolute Gasteiger partial charge is 0.262 e. The minimum absolute atomic E-state index is 0.0953. The molecule has 2 aromatic carbocycles. The van der Waals surface area contributed by atoms with Crippen molar-refractivity contribution in [3.63, 3.8) is 0 Å². The van der Waals surface area contributed by atoms with Gasteiger partial charge >= 0.3 is 0 Å². The summed E-state index contributed by atoms with van der Waals surface area (Å²) in [7, 11) is 0. The zero-order valence-electron chi connectivity index (χ0n) is 12.5. The van der Waals surface area contributed by atoms with Crippen LogP contribution in [-0.4, -0.2) is 23.8 Å². The molecule has 0 heterocycles. The number of amides is 1. The van der Waals surface area contributed by atoms with E-state index >= 15 is 0 Å². The van der Waals surface area contributed by atoms with Crippen LogP contribution in [0.5, 0.6) is 5.75 Å². The molecule has 0 radical (unpaired) electrons. The number of hydrogen-bond donors (Lipinski definition) is 3. The minimum atomic E-state index is -0.261. The zero-order chi connectivity index (χ0) is 17.4. The molecule has 0 fully saturated rings. The summed E-state index contributed by atoms with van der Waals surface area (Å²) in [5.74, 6) is 0.310. The van der Waals surface area contributed by atoms with Gasteiger partial charge in [-0.1, -0.05) is 11.6 Å². The third kappa shape index (κ3) is 6.23. The molecule has 0 bridgehead atoms. The molecule has 1 amide bonds. The van der Waals surface area contributed by atoms with Crippen LogP contribution < -0.4 is 21.2 Å². The van der Waals surface area contributed by atoms with Gasteiger partial charge in [0.15, 0.2) is 11.7 Å². The maximum atomic E-state index is 11.8. The van der Waals surface area contributed by atoms with Gasteiger partial charge in [-0.2, -0.15) is 5.10 Å². The van der Waals surface area contributed by atoms with E-state index in [1.54, 1.807) is 54.7 Å². The lowest BCUT2D eigenvalue weighted by molar-refractivity contribution is -0.118. The molecule has 2 rings (SSSR count). The number of rotatable bonds is 6. The average Bonchev–Trinajstić information content (AvgIpc) is 2.56. The Kier molecular flexibility index (Phi) is 6.53. The quantitative estimate of drug-likeness (QED) is 0.417. The van der Waals surface area contributed by atoms with Gasteiger partial charge in [0.25, 0.3) is 5.91 Å². The number of thiocarbonyl (C=S) groups is 1. The summed E-state index contributed by atoms with van der Waals surface area (Å²) in [6.07, 6.45) is 1.57. The van der Waals surface area contributed by atoms with Crippen LogP contribution in [0.2, 0.25) is 5.02 Å². The van der Waals surface area contributed by atoms with Gasteiger partial charge in [0.2, 0.25) is 0 Å². The second-order valence-electron chi connectivity index (χ2n) is 4.65. The van der Waals surface area contributed by atoms with Crippen LogP contribution in [0.15, 0.2) is 53.6 Å². The maximum Gasteiger partial charge on any atom is 0.262 e. The van der Waals surface area contributed by atoms with Crippen molar-refractivity contribution in [1.82, 2.24) is 5.43 Å². The molecule has 6 nitrogen and oxygen atoms in total. The number of carbonyl (C=O) groups is 1. The first-order valence-corrected chi connectivity index (χ1v) is 7.68. The number of halogens is 1. The summed E-state index contributed by atoms with van der Waals surface area (Å²) < 4.78 is 5.42. The molecule has 0 saturated carbocycles. The number of ether oxygens (including phenoxy) is 1. The minimum Gasteiger partial charge on any atom is -0.484 e. The van der Waals surface area contributed by atoms with Gasteiger partial charge in [-0.05, 0) is 66.3 Å². The summed E-state index contributed by atoms with van der Waals surface area (Å²) in [6.45, 7) is -0.0982. The highest BCUT2D eigenvalue weighted by molar-refractivity contribution is 7.80. The third-order valence-electron chi connectivity index (χ3n) is 2.77. The Hall–Kier alpha value is -2.64. The second kappa shape index (κ2) is 8.85. The van der Waals surface area contributed by atoms with Crippen molar-refractivity contribution < 1.29 is 9.53 Å². The molecule has 0 saturated heterocycles. The van der Waals surface area contributed by atoms with Gasteiger partial charge in [0, 0.05) is 10.7 Å². The summed E-state index contributed by atoms with van der Waals surface area (Å²) in [4.78, 5) is 11.8. The van der Waals surface area contributed by atoms with Crippen LogP contribution in [0.3, 0.4) is 0 Å². The molecule has 8 heteroatoms. The number of carbonyl (C=O) groups excluding carboxylic acids is 1. The number of benzene rings is 2. The molecule has 0 unspecified atom stereocenters. The largest absolute Gasteiger partial charge is 0.484 e. The lowest BCUT2D eigenvalue weighted by Crippen LogP contribution is -2.23. The number of nitrogens with two attached hydrogens (primary N) is 1. The predicted molar refractivity (Wildman–Crippen MR) is 99.5 cm³/mol. The van der Waals surface area contributed by atoms with Crippen molar-refractivity contribution in [2.24, 2.45) is 10.8 Å². The van der Waals surface area contributed by atoms with E-state index < -0.39 is 0 Å². The highest BCUT2D eigenvalue weighted by Crippen LogP contribution is 2.14. The normalized spacial score (nSPS) is 10.4. The first-order valence-electron chi connectivity index (χ1n) is 6.90. The lowest BCUT2D eigenvalue weighted by Gasteiger charge is -2.07. The van der Waals surface area contributed by atoms with Gasteiger partial charge in [-0.25, -0.2) is 0 Å². The SMILES string of the molecule is NC(=S)N/N=C\c1ccc(OCC(=O)Nc2ccc(Cl)cc2)cc1. The molecule has 0 aliphatic rings. The monoisotopic (exact) mass is 362 g/mol. The highest BCUT2D eigenvalue weighted by Gasteiger charge is 2.04. The maximum absolute atomic E-state index is 11.8. The van der Waals surface area contributed by atoms with Crippen LogP contribution in [0.1, 0.15) is 5.56 Å². The van der Waals surface area contributed by atoms with Crippen molar-refractivity contribution in [3.05, 3.63) is 59.1 Å². The van der Waals surface area contributed by atoms with E-state index in [0.717, 1.165) is 5.56 Å². The fourth-order valence-electron chi connectivity index (χ4n) is 1.70. The molecular formula is C16H15ClN4O2S. The van der Waals surface area contributed by atoms with E-state index in [1.807, 2.05) is 0 Å². The highest BCUT2D eigenvalue weighted by atomic mass is 35.5. The first kappa shape index (κ1) is 17.7. The molecule has 124 valence electrons. The summed E-state index contributed by atoms with van der Waals surface area (Å²) >= 11 is 10.4. The fourth-order valence-corrected chi connectivity index (χ4v) is 1.88. The Morgan fingerprint density at radius 2 is 1.88 bits per heavy atom. The number of nitrogens with one attached hydrogen (secondary N) is 2. The third-order valence-corrected chi connectivity index (χ3v) is 3.11. The number of nitrogens with zero attached hydrogens (tertiary/aromatic N) is 1. The Morgan fingerprint density at radius 3 is 2.50 bits per heavy atom. The molecule has 0 spiro atoms. The number of anilines is 1. The van der Waals surface area contributed by atoms with Crippen molar-refractivity contribution in [2.75, 3.05) is 11.9 Å².